The van der Waals surface area contributed by atoms with E-state index in [4.69, 9.17) is 0 Å². The monoisotopic (exact) mass is 159 g/mol. The topological polar surface area (TPSA) is 12.0 Å². The largest absolute Gasteiger partial charge is 0.315 e. The molecule has 0 aromatic heterocycles. The summed E-state index contributed by atoms with van der Waals surface area (Å²) in [5.41, 5.74) is 0.557. The molecule has 0 bridgehead atoms. The molecule has 0 spiro atoms. The first-order valence-corrected chi connectivity index (χ1v) is 5.21. The van der Waals surface area contributed by atoms with Crippen molar-refractivity contribution in [2.45, 2.75) is 20.3 Å². The zero-order chi connectivity index (χ0) is 7.45. The van der Waals surface area contributed by atoms with Crippen molar-refractivity contribution in [3.8, 4) is 0 Å². The van der Waals surface area contributed by atoms with E-state index in [1.165, 1.54) is 31.0 Å². The predicted octanol–water partition coefficient (Wildman–Crippen LogP) is 1.74. The number of rotatable bonds is 1. The van der Waals surface area contributed by atoms with Gasteiger partial charge in [-0.15, -0.1) is 0 Å². The molecule has 1 atom stereocenters. The van der Waals surface area contributed by atoms with Crippen molar-refractivity contribution in [1.29, 1.82) is 0 Å². The van der Waals surface area contributed by atoms with Crippen LogP contribution < -0.4 is 5.32 Å². The molecule has 1 saturated heterocycles. The van der Waals surface area contributed by atoms with Crippen molar-refractivity contribution in [2.75, 3.05) is 24.6 Å². The summed E-state index contributed by atoms with van der Waals surface area (Å²) >= 11 is 2.08. The van der Waals surface area contributed by atoms with Crippen molar-refractivity contribution in [3.05, 3.63) is 0 Å². The maximum Gasteiger partial charge on any atom is 0.00583 e. The lowest BCUT2D eigenvalue weighted by molar-refractivity contribution is 0.346. The molecule has 1 heterocycles. The summed E-state index contributed by atoms with van der Waals surface area (Å²) < 4.78 is 0. The lowest BCUT2D eigenvalue weighted by Crippen LogP contribution is -2.31. The third-order valence-corrected chi connectivity index (χ3v) is 3.67. The summed E-state index contributed by atoms with van der Waals surface area (Å²) in [7, 11) is 0. The van der Waals surface area contributed by atoms with Crippen LogP contribution >= 0.6 is 11.8 Å². The zero-order valence-corrected chi connectivity index (χ0v) is 7.76. The molecular weight excluding hydrogens is 142 g/mol. The first-order valence-electron chi connectivity index (χ1n) is 4.05. The fourth-order valence-electron chi connectivity index (χ4n) is 1.13. The van der Waals surface area contributed by atoms with E-state index >= 15 is 0 Å². The summed E-state index contributed by atoms with van der Waals surface area (Å²) in [6.45, 7) is 7.06. The van der Waals surface area contributed by atoms with Gasteiger partial charge in [-0.05, 0) is 17.6 Å². The highest BCUT2D eigenvalue weighted by Gasteiger charge is 2.22. The molecule has 1 aliphatic heterocycles. The molecule has 1 nitrogen and oxygen atoms in total. The maximum atomic E-state index is 3.47. The Balaban J connectivity index is 2.41. The van der Waals surface area contributed by atoms with Crippen molar-refractivity contribution < 1.29 is 0 Å². The molecule has 10 heavy (non-hydrogen) atoms. The smallest absolute Gasteiger partial charge is 0.00583 e. The van der Waals surface area contributed by atoms with Crippen molar-refractivity contribution >= 4 is 11.8 Å². The van der Waals surface area contributed by atoms with E-state index in [9.17, 15) is 0 Å². The van der Waals surface area contributed by atoms with E-state index in [0.29, 0.717) is 5.41 Å². The lowest BCUT2D eigenvalue weighted by atomic mass is 9.90. The SMILES string of the molecule is CCC1(C)CNCCSC1. The molecule has 1 fully saturated rings. The number of hydrogen-bond donors (Lipinski definition) is 1. The van der Waals surface area contributed by atoms with Crippen LogP contribution in [-0.4, -0.2) is 24.6 Å². The van der Waals surface area contributed by atoms with Crippen LogP contribution in [0.4, 0.5) is 0 Å². The molecule has 0 aromatic rings. The Labute approximate surface area is 68.0 Å². The lowest BCUT2D eigenvalue weighted by Gasteiger charge is -2.25. The number of thioether (sulfide) groups is 1. The minimum Gasteiger partial charge on any atom is -0.315 e. The van der Waals surface area contributed by atoms with Crippen LogP contribution in [0, 0.1) is 5.41 Å². The zero-order valence-electron chi connectivity index (χ0n) is 6.94. The van der Waals surface area contributed by atoms with Crippen molar-refractivity contribution in [2.24, 2.45) is 5.41 Å². The van der Waals surface area contributed by atoms with Gasteiger partial charge in [0.2, 0.25) is 0 Å². The second kappa shape index (κ2) is 3.63. The molecule has 0 aromatic carbocycles. The number of hydrogen-bond acceptors (Lipinski definition) is 2. The summed E-state index contributed by atoms with van der Waals surface area (Å²) in [4.78, 5) is 0. The standard InChI is InChI=1S/C8H17NS/c1-3-8(2)6-9-4-5-10-7-8/h9H,3-7H2,1-2H3. The van der Waals surface area contributed by atoms with Gasteiger partial charge in [-0.3, -0.25) is 0 Å². The Hall–Kier alpha value is 0.310. The fraction of sp³-hybridized carbons (Fsp3) is 1.00. The Kier molecular flexibility index (Phi) is 3.05. The van der Waals surface area contributed by atoms with E-state index < -0.39 is 0 Å². The average molecular weight is 159 g/mol. The molecule has 1 rings (SSSR count). The summed E-state index contributed by atoms with van der Waals surface area (Å²) in [5, 5.41) is 3.47. The van der Waals surface area contributed by atoms with E-state index in [-0.39, 0.29) is 0 Å². The molecular formula is C8H17NS. The van der Waals surface area contributed by atoms with Gasteiger partial charge in [0, 0.05) is 18.8 Å². The fourth-order valence-corrected chi connectivity index (χ4v) is 2.36. The first-order chi connectivity index (χ1) is 4.77. The van der Waals surface area contributed by atoms with Gasteiger partial charge < -0.3 is 5.32 Å². The van der Waals surface area contributed by atoms with Crippen LogP contribution in [0.3, 0.4) is 0 Å². The highest BCUT2D eigenvalue weighted by molar-refractivity contribution is 7.99. The minimum atomic E-state index is 0.557. The van der Waals surface area contributed by atoms with Crippen molar-refractivity contribution in [1.82, 2.24) is 5.32 Å². The third-order valence-electron chi connectivity index (χ3n) is 2.28. The Bertz CT molecular complexity index is 95.4. The normalized spacial score (nSPS) is 35.4. The van der Waals surface area contributed by atoms with E-state index in [1.54, 1.807) is 0 Å². The van der Waals surface area contributed by atoms with Gasteiger partial charge in [0.1, 0.15) is 0 Å². The summed E-state index contributed by atoms with van der Waals surface area (Å²) in [6.07, 6.45) is 1.30. The maximum absolute atomic E-state index is 3.47. The van der Waals surface area contributed by atoms with E-state index in [2.05, 4.69) is 30.9 Å². The molecule has 1 unspecified atom stereocenters. The van der Waals surface area contributed by atoms with Gasteiger partial charge in [-0.2, -0.15) is 11.8 Å². The predicted molar refractivity (Wildman–Crippen MR) is 48.6 cm³/mol. The van der Waals surface area contributed by atoms with Gasteiger partial charge in [0.15, 0.2) is 0 Å². The van der Waals surface area contributed by atoms with Gasteiger partial charge in [0.25, 0.3) is 0 Å². The molecule has 1 N–H and O–H groups in total. The minimum absolute atomic E-state index is 0.557. The van der Waals surface area contributed by atoms with Gasteiger partial charge in [-0.1, -0.05) is 13.8 Å². The summed E-state index contributed by atoms with van der Waals surface area (Å²) in [6, 6.07) is 0. The van der Waals surface area contributed by atoms with Gasteiger partial charge >= 0.3 is 0 Å². The molecule has 2 heteroatoms. The quantitative estimate of drug-likeness (QED) is 0.625. The van der Waals surface area contributed by atoms with Crippen LogP contribution in [0.1, 0.15) is 20.3 Å². The van der Waals surface area contributed by atoms with Crippen LogP contribution in [0.2, 0.25) is 0 Å². The third kappa shape index (κ3) is 2.17. The van der Waals surface area contributed by atoms with E-state index in [1.807, 2.05) is 0 Å². The summed E-state index contributed by atoms with van der Waals surface area (Å²) in [5.74, 6) is 2.62. The Morgan fingerprint density at radius 2 is 2.40 bits per heavy atom. The number of nitrogens with one attached hydrogen (secondary N) is 1. The highest BCUT2D eigenvalue weighted by atomic mass is 32.2. The van der Waals surface area contributed by atoms with Gasteiger partial charge in [-0.25, -0.2) is 0 Å². The molecule has 0 saturated carbocycles. The Morgan fingerprint density at radius 3 is 3.10 bits per heavy atom. The van der Waals surface area contributed by atoms with Crippen LogP contribution in [0.15, 0.2) is 0 Å². The van der Waals surface area contributed by atoms with Gasteiger partial charge in [0.05, 0.1) is 0 Å². The second-order valence-electron chi connectivity index (χ2n) is 3.39. The average Bonchev–Trinajstić information content (AvgIpc) is 2.15. The van der Waals surface area contributed by atoms with Crippen LogP contribution in [-0.2, 0) is 0 Å². The van der Waals surface area contributed by atoms with E-state index in [0.717, 1.165) is 0 Å². The molecule has 0 aliphatic carbocycles. The molecule has 0 radical (unpaired) electrons. The highest BCUT2D eigenvalue weighted by Crippen LogP contribution is 2.26. The molecule has 1 aliphatic rings. The van der Waals surface area contributed by atoms with Crippen LogP contribution in [0.5, 0.6) is 0 Å². The first kappa shape index (κ1) is 8.41. The molecule has 0 amide bonds. The molecule has 60 valence electrons. The van der Waals surface area contributed by atoms with Crippen LogP contribution in [0.25, 0.3) is 0 Å². The second-order valence-corrected chi connectivity index (χ2v) is 4.50. The van der Waals surface area contributed by atoms with Crippen molar-refractivity contribution in [3.63, 3.8) is 0 Å². The Morgan fingerprint density at radius 1 is 1.60 bits per heavy atom.